The summed E-state index contributed by atoms with van der Waals surface area (Å²) in [6.07, 6.45) is 2.47. The maximum absolute atomic E-state index is 10.5. The van der Waals surface area contributed by atoms with Crippen molar-refractivity contribution in [3.63, 3.8) is 0 Å². The van der Waals surface area contributed by atoms with Crippen LogP contribution in [-0.2, 0) is 4.79 Å². The Morgan fingerprint density at radius 1 is 1.67 bits per heavy atom. The molecule has 1 atom stereocenters. The molecule has 0 aliphatic heterocycles. The molecule has 2 nitrogen and oxygen atoms in total. The molecule has 0 aromatic heterocycles. The third-order valence-corrected chi connectivity index (χ3v) is 1.96. The van der Waals surface area contributed by atoms with Crippen LogP contribution in [0.3, 0.4) is 0 Å². The topological polar surface area (TPSA) is 37.3 Å². The van der Waals surface area contributed by atoms with Gasteiger partial charge in [0.1, 0.15) is 0 Å². The van der Waals surface area contributed by atoms with Gasteiger partial charge in [0, 0.05) is 0 Å². The van der Waals surface area contributed by atoms with E-state index in [1.165, 1.54) is 0 Å². The van der Waals surface area contributed by atoms with Crippen molar-refractivity contribution in [1.29, 1.82) is 0 Å². The van der Waals surface area contributed by atoms with Crippen LogP contribution in [0.2, 0.25) is 0 Å². The lowest BCUT2D eigenvalue weighted by Gasteiger charge is -2.08. The van der Waals surface area contributed by atoms with E-state index in [-0.39, 0.29) is 5.92 Å². The van der Waals surface area contributed by atoms with Crippen molar-refractivity contribution < 1.29 is 9.90 Å². The molecule has 1 unspecified atom stereocenters. The molecule has 0 spiro atoms. The first-order valence-electron chi connectivity index (χ1n) is 4.03. The largest absolute Gasteiger partial charge is 0.481 e. The van der Waals surface area contributed by atoms with Crippen LogP contribution < -0.4 is 0 Å². The highest BCUT2D eigenvalue weighted by molar-refractivity contribution is 5.70. The maximum Gasteiger partial charge on any atom is 0.306 e. The molecule has 0 amide bonds. The Balaban J connectivity index is 4.11. The first-order chi connectivity index (χ1) is 5.49. The summed E-state index contributed by atoms with van der Waals surface area (Å²) in [6.45, 7) is 9.37. The van der Waals surface area contributed by atoms with Crippen molar-refractivity contribution in [2.24, 2.45) is 5.92 Å². The number of carboxylic acids is 1. The molecule has 0 rings (SSSR count). The summed E-state index contributed by atoms with van der Waals surface area (Å²) in [5.74, 6) is -1.10. The fourth-order valence-corrected chi connectivity index (χ4v) is 0.822. The second-order valence-corrected chi connectivity index (χ2v) is 3.02. The van der Waals surface area contributed by atoms with Crippen LogP contribution in [-0.4, -0.2) is 11.1 Å². The van der Waals surface area contributed by atoms with Gasteiger partial charge in [0.15, 0.2) is 0 Å². The molecule has 0 saturated carbocycles. The molecule has 0 aliphatic carbocycles. The lowest BCUT2D eigenvalue weighted by atomic mass is 9.97. The Morgan fingerprint density at radius 2 is 2.17 bits per heavy atom. The second kappa shape index (κ2) is 4.75. The van der Waals surface area contributed by atoms with Crippen molar-refractivity contribution in [3.8, 4) is 0 Å². The lowest BCUT2D eigenvalue weighted by Crippen LogP contribution is -2.10. The Bertz CT molecular complexity index is 214. The van der Waals surface area contributed by atoms with Gasteiger partial charge in [0.2, 0.25) is 0 Å². The van der Waals surface area contributed by atoms with Crippen LogP contribution in [0.15, 0.2) is 23.8 Å². The quantitative estimate of drug-likeness (QED) is 0.655. The predicted octanol–water partition coefficient (Wildman–Crippen LogP) is 2.62. The monoisotopic (exact) mass is 168 g/mol. The number of carbonyl (C=O) groups is 1. The number of hydrogen-bond donors (Lipinski definition) is 1. The molecular weight excluding hydrogens is 152 g/mol. The van der Waals surface area contributed by atoms with E-state index in [0.717, 1.165) is 11.1 Å². The average Bonchev–Trinajstić information content (AvgIpc) is 2.02. The predicted molar refractivity (Wildman–Crippen MR) is 50.0 cm³/mol. The van der Waals surface area contributed by atoms with E-state index in [9.17, 15) is 4.79 Å². The van der Waals surface area contributed by atoms with Crippen molar-refractivity contribution >= 4 is 5.97 Å². The van der Waals surface area contributed by atoms with E-state index in [1.807, 2.05) is 19.9 Å². The summed E-state index contributed by atoms with van der Waals surface area (Å²) in [5, 5.41) is 8.62. The zero-order chi connectivity index (χ0) is 9.72. The molecular formula is C10H16O2. The van der Waals surface area contributed by atoms with Crippen molar-refractivity contribution in [3.05, 3.63) is 23.8 Å². The van der Waals surface area contributed by atoms with E-state index in [1.54, 1.807) is 6.92 Å². The van der Waals surface area contributed by atoms with E-state index in [4.69, 9.17) is 5.11 Å². The Labute approximate surface area is 73.6 Å². The van der Waals surface area contributed by atoms with Gasteiger partial charge in [-0.25, -0.2) is 0 Å². The van der Waals surface area contributed by atoms with Gasteiger partial charge in [-0.1, -0.05) is 30.7 Å². The summed E-state index contributed by atoms with van der Waals surface area (Å²) in [5.41, 5.74) is 1.98. The third kappa shape index (κ3) is 3.37. The Hall–Kier alpha value is -1.05. The summed E-state index contributed by atoms with van der Waals surface area (Å²) in [4.78, 5) is 10.5. The van der Waals surface area contributed by atoms with Gasteiger partial charge >= 0.3 is 5.97 Å². The number of rotatable bonds is 4. The van der Waals surface area contributed by atoms with Gasteiger partial charge < -0.3 is 5.11 Å². The number of carboxylic acid groups (broad SMARTS) is 1. The molecule has 2 heteroatoms. The fourth-order valence-electron chi connectivity index (χ4n) is 0.822. The van der Waals surface area contributed by atoms with Crippen LogP contribution in [0.1, 0.15) is 27.2 Å². The highest BCUT2D eigenvalue weighted by atomic mass is 16.4. The van der Waals surface area contributed by atoms with Gasteiger partial charge in [-0.05, 0) is 20.3 Å². The van der Waals surface area contributed by atoms with Crippen LogP contribution in [0, 0.1) is 5.92 Å². The summed E-state index contributed by atoms with van der Waals surface area (Å²) in [6, 6.07) is 0. The lowest BCUT2D eigenvalue weighted by molar-refractivity contribution is -0.141. The molecule has 12 heavy (non-hydrogen) atoms. The normalized spacial score (nSPS) is 14.1. The minimum Gasteiger partial charge on any atom is -0.481 e. The Kier molecular flexibility index (Phi) is 4.34. The van der Waals surface area contributed by atoms with Gasteiger partial charge in [0.25, 0.3) is 0 Å². The number of hydrogen-bond acceptors (Lipinski definition) is 1. The summed E-state index contributed by atoms with van der Waals surface area (Å²) >= 11 is 0. The van der Waals surface area contributed by atoms with Gasteiger partial charge in [-0.15, -0.1) is 0 Å². The van der Waals surface area contributed by atoms with Crippen molar-refractivity contribution in [2.75, 3.05) is 0 Å². The first-order valence-corrected chi connectivity index (χ1v) is 4.03. The van der Waals surface area contributed by atoms with Crippen LogP contribution in [0.25, 0.3) is 0 Å². The third-order valence-electron chi connectivity index (χ3n) is 1.96. The van der Waals surface area contributed by atoms with E-state index >= 15 is 0 Å². The molecule has 0 aliphatic rings. The van der Waals surface area contributed by atoms with Gasteiger partial charge in [0.05, 0.1) is 5.92 Å². The van der Waals surface area contributed by atoms with Crippen LogP contribution in [0.5, 0.6) is 0 Å². The fraction of sp³-hybridized carbons (Fsp3) is 0.500. The Morgan fingerprint density at radius 3 is 2.50 bits per heavy atom. The van der Waals surface area contributed by atoms with Gasteiger partial charge in [-0.2, -0.15) is 0 Å². The summed E-state index contributed by atoms with van der Waals surface area (Å²) < 4.78 is 0. The smallest absolute Gasteiger partial charge is 0.306 e. The highest BCUT2D eigenvalue weighted by Crippen LogP contribution is 2.16. The molecule has 0 aromatic carbocycles. The van der Waals surface area contributed by atoms with Crippen LogP contribution in [0.4, 0.5) is 0 Å². The highest BCUT2D eigenvalue weighted by Gasteiger charge is 2.12. The molecule has 0 aromatic rings. The van der Waals surface area contributed by atoms with Gasteiger partial charge in [-0.3, -0.25) is 4.79 Å². The first kappa shape index (κ1) is 11.0. The molecule has 0 saturated heterocycles. The minimum absolute atomic E-state index is 0.340. The van der Waals surface area contributed by atoms with E-state index in [2.05, 4.69) is 6.58 Å². The average molecular weight is 168 g/mol. The minimum atomic E-state index is -0.764. The number of aliphatic carboxylic acids is 1. The zero-order valence-electron chi connectivity index (χ0n) is 7.92. The molecule has 1 N–H and O–H groups in total. The molecule has 68 valence electrons. The number of allylic oxidation sites excluding steroid dienone is 3. The van der Waals surface area contributed by atoms with Crippen molar-refractivity contribution in [2.45, 2.75) is 27.2 Å². The zero-order valence-corrected chi connectivity index (χ0v) is 7.92. The van der Waals surface area contributed by atoms with E-state index in [0.29, 0.717) is 6.42 Å². The van der Waals surface area contributed by atoms with E-state index < -0.39 is 5.97 Å². The molecule has 0 fully saturated rings. The maximum atomic E-state index is 10.5. The standard InChI is InChI=1S/C10H16O2/c1-5-7(2)8(3)6-9(4)10(11)12/h5,9H,3,6H2,1-2,4H3,(H,11,12). The summed E-state index contributed by atoms with van der Waals surface area (Å²) in [7, 11) is 0. The van der Waals surface area contributed by atoms with Crippen LogP contribution >= 0.6 is 0 Å². The van der Waals surface area contributed by atoms with Crippen molar-refractivity contribution in [1.82, 2.24) is 0 Å². The molecule has 0 bridgehead atoms. The molecule has 0 radical (unpaired) electrons. The second-order valence-electron chi connectivity index (χ2n) is 3.02. The molecule has 0 heterocycles. The SMILES string of the molecule is C=C(CC(C)C(=O)O)C(C)=CC.